The average Bonchev–Trinajstić information content (AvgIpc) is 3.52. The highest BCUT2D eigenvalue weighted by molar-refractivity contribution is 14.0. The Bertz CT molecular complexity index is 633. The number of ether oxygens (including phenoxy) is 1. The quantitative estimate of drug-likeness (QED) is 0.324. The number of benzene rings is 1. The number of aryl methyl sites for hydroxylation is 1. The van der Waals surface area contributed by atoms with Crippen LogP contribution in [0, 0.1) is 18.8 Å². The SMILES string of the molecule is CCN1CCCC(CNC(=NC)NCc2ccc(C)cc2OCC2CC2)C1.I. The standard InChI is InChI=1S/C22H36N4O.HI/c1-4-26-11-5-6-19(15-26)13-24-22(23-3)25-14-20-10-7-17(2)12-21(20)27-16-18-8-9-18;/h7,10,12,18-19H,4-6,8-9,11,13-16H2,1-3H3,(H2,23,24,25);1H. The number of rotatable bonds is 8. The fraction of sp³-hybridized carbons (Fsp3) is 0.682. The van der Waals surface area contributed by atoms with Gasteiger partial charge in [0.25, 0.3) is 0 Å². The molecule has 3 rings (SSSR count). The third-order valence-electron chi connectivity index (χ3n) is 5.67. The normalized spacial score (nSPS) is 20.4. The minimum absolute atomic E-state index is 0. The van der Waals surface area contributed by atoms with Crippen molar-refractivity contribution in [1.82, 2.24) is 15.5 Å². The molecule has 0 aromatic heterocycles. The molecule has 1 saturated heterocycles. The molecule has 2 aliphatic rings. The number of nitrogens with zero attached hydrogens (tertiary/aromatic N) is 2. The van der Waals surface area contributed by atoms with Crippen molar-refractivity contribution in [2.24, 2.45) is 16.8 Å². The van der Waals surface area contributed by atoms with Gasteiger partial charge in [0, 0.05) is 32.2 Å². The van der Waals surface area contributed by atoms with Crippen molar-refractivity contribution in [3.8, 4) is 5.75 Å². The maximum absolute atomic E-state index is 6.08. The Hall–Kier alpha value is -1.02. The zero-order valence-electron chi connectivity index (χ0n) is 17.7. The van der Waals surface area contributed by atoms with E-state index in [2.05, 4.69) is 52.6 Å². The predicted molar refractivity (Wildman–Crippen MR) is 128 cm³/mol. The lowest BCUT2D eigenvalue weighted by molar-refractivity contribution is 0.183. The molecule has 1 aliphatic carbocycles. The summed E-state index contributed by atoms with van der Waals surface area (Å²) >= 11 is 0. The Morgan fingerprint density at radius 2 is 2.04 bits per heavy atom. The van der Waals surface area contributed by atoms with Crippen LogP contribution >= 0.6 is 24.0 Å². The van der Waals surface area contributed by atoms with E-state index in [1.54, 1.807) is 0 Å². The molecule has 28 heavy (non-hydrogen) atoms. The molecule has 2 fully saturated rings. The van der Waals surface area contributed by atoms with Gasteiger partial charge < -0.3 is 20.3 Å². The van der Waals surface area contributed by atoms with Gasteiger partial charge in [-0.2, -0.15) is 0 Å². The van der Waals surface area contributed by atoms with Crippen molar-refractivity contribution < 1.29 is 4.74 Å². The summed E-state index contributed by atoms with van der Waals surface area (Å²) in [5.41, 5.74) is 2.43. The molecule has 1 aliphatic heterocycles. The second-order valence-corrected chi connectivity index (χ2v) is 8.07. The number of halogens is 1. The van der Waals surface area contributed by atoms with Gasteiger partial charge in [0.2, 0.25) is 0 Å². The molecule has 1 aromatic carbocycles. The Kier molecular flexibility index (Phi) is 9.85. The van der Waals surface area contributed by atoms with Crippen LogP contribution in [0.25, 0.3) is 0 Å². The van der Waals surface area contributed by atoms with Gasteiger partial charge in [-0.1, -0.05) is 19.1 Å². The van der Waals surface area contributed by atoms with Crippen LogP contribution in [-0.4, -0.2) is 50.7 Å². The van der Waals surface area contributed by atoms with Crippen molar-refractivity contribution in [1.29, 1.82) is 0 Å². The number of likely N-dealkylation sites (tertiary alicyclic amines) is 1. The van der Waals surface area contributed by atoms with Crippen molar-refractivity contribution in [2.75, 3.05) is 39.8 Å². The fourth-order valence-corrected chi connectivity index (χ4v) is 3.68. The first-order valence-electron chi connectivity index (χ1n) is 10.6. The molecule has 1 atom stereocenters. The summed E-state index contributed by atoms with van der Waals surface area (Å²) in [6.45, 7) is 10.5. The van der Waals surface area contributed by atoms with Crippen LogP contribution in [0.5, 0.6) is 5.75 Å². The van der Waals surface area contributed by atoms with Crippen LogP contribution < -0.4 is 15.4 Å². The van der Waals surface area contributed by atoms with Gasteiger partial charge in [0.05, 0.1) is 6.61 Å². The Morgan fingerprint density at radius 1 is 1.21 bits per heavy atom. The van der Waals surface area contributed by atoms with Gasteiger partial charge in [0.1, 0.15) is 5.75 Å². The number of nitrogens with one attached hydrogen (secondary N) is 2. The Labute approximate surface area is 187 Å². The maximum atomic E-state index is 6.08. The maximum Gasteiger partial charge on any atom is 0.191 e. The lowest BCUT2D eigenvalue weighted by Crippen LogP contribution is -2.44. The summed E-state index contributed by atoms with van der Waals surface area (Å²) in [4.78, 5) is 6.94. The van der Waals surface area contributed by atoms with Gasteiger partial charge >= 0.3 is 0 Å². The lowest BCUT2D eigenvalue weighted by Gasteiger charge is -2.32. The van der Waals surface area contributed by atoms with Crippen LogP contribution in [0.2, 0.25) is 0 Å². The zero-order valence-corrected chi connectivity index (χ0v) is 20.0. The van der Waals surface area contributed by atoms with E-state index < -0.39 is 0 Å². The molecule has 1 saturated carbocycles. The minimum atomic E-state index is 0. The summed E-state index contributed by atoms with van der Waals surface area (Å²) in [5, 5.41) is 6.98. The summed E-state index contributed by atoms with van der Waals surface area (Å²) in [6.07, 6.45) is 5.23. The van der Waals surface area contributed by atoms with Crippen LogP contribution in [0.1, 0.15) is 43.7 Å². The Balaban J connectivity index is 0.00000280. The molecule has 1 aromatic rings. The van der Waals surface area contributed by atoms with E-state index in [4.69, 9.17) is 4.74 Å². The van der Waals surface area contributed by atoms with Crippen molar-refractivity contribution in [3.05, 3.63) is 29.3 Å². The first-order valence-corrected chi connectivity index (χ1v) is 10.6. The fourth-order valence-electron chi connectivity index (χ4n) is 3.68. The van der Waals surface area contributed by atoms with Crippen LogP contribution in [-0.2, 0) is 6.54 Å². The van der Waals surface area contributed by atoms with Crippen molar-refractivity contribution in [3.63, 3.8) is 0 Å². The Morgan fingerprint density at radius 3 is 2.75 bits per heavy atom. The third kappa shape index (κ3) is 7.43. The lowest BCUT2D eigenvalue weighted by atomic mass is 9.98. The first-order chi connectivity index (χ1) is 13.2. The number of hydrogen-bond donors (Lipinski definition) is 2. The van der Waals surface area contributed by atoms with Gasteiger partial charge in [-0.15, -0.1) is 24.0 Å². The van der Waals surface area contributed by atoms with E-state index in [0.29, 0.717) is 5.92 Å². The molecule has 0 radical (unpaired) electrons. The van der Waals surface area contributed by atoms with E-state index in [-0.39, 0.29) is 24.0 Å². The topological polar surface area (TPSA) is 48.9 Å². The summed E-state index contributed by atoms with van der Waals surface area (Å²) in [7, 11) is 1.84. The van der Waals surface area contributed by atoms with Gasteiger partial charge in [-0.05, 0) is 69.2 Å². The molecule has 1 unspecified atom stereocenters. The second-order valence-electron chi connectivity index (χ2n) is 8.07. The highest BCUT2D eigenvalue weighted by Crippen LogP contribution is 2.30. The zero-order chi connectivity index (χ0) is 19.1. The number of piperidine rings is 1. The van der Waals surface area contributed by atoms with E-state index in [9.17, 15) is 0 Å². The predicted octanol–water partition coefficient (Wildman–Crippen LogP) is 3.80. The van der Waals surface area contributed by atoms with E-state index >= 15 is 0 Å². The van der Waals surface area contributed by atoms with E-state index in [1.807, 2.05) is 7.05 Å². The number of guanidine groups is 1. The highest BCUT2D eigenvalue weighted by atomic mass is 127. The van der Waals surface area contributed by atoms with Crippen LogP contribution in [0.4, 0.5) is 0 Å². The molecule has 0 amide bonds. The monoisotopic (exact) mass is 500 g/mol. The van der Waals surface area contributed by atoms with E-state index in [0.717, 1.165) is 43.9 Å². The number of aliphatic imine (C=N–C) groups is 1. The molecule has 5 nitrogen and oxygen atoms in total. The highest BCUT2D eigenvalue weighted by Gasteiger charge is 2.22. The summed E-state index contributed by atoms with van der Waals surface area (Å²) < 4.78 is 6.08. The number of hydrogen-bond acceptors (Lipinski definition) is 3. The third-order valence-corrected chi connectivity index (χ3v) is 5.67. The molecule has 158 valence electrons. The van der Waals surface area contributed by atoms with Gasteiger partial charge in [0.15, 0.2) is 5.96 Å². The largest absolute Gasteiger partial charge is 0.493 e. The van der Waals surface area contributed by atoms with Crippen LogP contribution in [0.15, 0.2) is 23.2 Å². The summed E-state index contributed by atoms with van der Waals surface area (Å²) in [6, 6.07) is 6.47. The first kappa shape index (κ1) is 23.3. The molecular weight excluding hydrogens is 463 g/mol. The van der Waals surface area contributed by atoms with Gasteiger partial charge in [-0.25, -0.2) is 0 Å². The smallest absolute Gasteiger partial charge is 0.191 e. The second kappa shape index (κ2) is 11.9. The van der Waals surface area contributed by atoms with E-state index in [1.165, 1.54) is 49.9 Å². The minimum Gasteiger partial charge on any atom is -0.493 e. The molecule has 2 N–H and O–H groups in total. The molecule has 6 heteroatoms. The molecule has 0 spiro atoms. The van der Waals surface area contributed by atoms with Crippen molar-refractivity contribution in [2.45, 2.75) is 46.1 Å². The average molecular weight is 500 g/mol. The van der Waals surface area contributed by atoms with Crippen LogP contribution in [0.3, 0.4) is 0 Å². The molecule has 1 heterocycles. The van der Waals surface area contributed by atoms with Gasteiger partial charge in [-0.3, -0.25) is 4.99 Å². The summed E-state index contributed by atoms with van der Waals surface area (Å²) in [5.74, 6) is 3.35. The molecule has 0 bridgehead atoms. The molecular formula is C22H37IN4O. The van der Waals surface area contributed by atoms with Crippen molar-refractivity contribution >= 4 is 29.9 Å².